The van der Waals surface area contributed by atoms with E-state index >= 15 is 0 Å². The Kier molecular flexibility index (Phi) is 7.12. The number of aliphatic hydroxyl groups is 2. The molecule has 6 rings (SSSR count). The van der Waals surface area contributed by atoms with Gasteiger partial charge in [0.25, 0.3) is 0 Å². The van der Waals surface area contributed by atoms with Gasteiger partial charge in [-0.15, -0.1) is 0 Å². The van der Waals surface area contributed by atoms with Crippen molar-refractivity contribution in [2.75, 3.05) is 39.4 Å². The monoisotopic (exact) mass is 558 g/mol. The fraction of sp³-hybridized carbons (Fsp3) is 0.806. The Labute approximate surface area is 236 Å². The normalized spacial score (nSPS) is 43.4. The smallest absolute Gasteiger partial charge is 0.407 e. The lowest BCUT2D eigenvalue weighted by Gasteiger charge is -2.66. The Morgan fingerprint density at radius 2 is 1.73 bits per heavy atom. The van der Waals surface area contributed by atoms with Crippen molar-refractivity contribution >= 4 is 6.09 Å². The zero-order chi connectivity index (χ0) is 28.3. The molecule has 1 aliphatic heterocycles. The minimum Gasteiger partial charge on any atom is -0.465 e. The number of hydrogen-bond acceptors (Lipinski definition) is 7. The molecule has 9 heteroatoms. The van der Waals surface area contributed by atoms with Crippen molar-refractivity contribution in [3.8, 4) is 0 Å². The van der Waals surface area contributed by atoms with Crippen LogP contribution in [0.25, 0.3) is 0 Å². The van der Waals surface area contributed by atoms with Crippen molar-refractivity contribution in [3.05, 3.63) is 34.4 Å². The minimum atomic E-state index is -0.950. The first-order chi connectivity index (χ1) is 19.0. The van der Waals surface area contributed by atoms with Gasteiger partial charge in [-0.2, -0.15) is 0 Å². The maximum absolute atomic E-state index is 12.5. The Hall–Kier alpha value is -1.94. The van der Waals surface area contributed by atoms with Crippen LogP contribution in [0.4, 0.5) is 4.79 Å². The van der Waals surface area contributed by atoms with E-state index < -0.39 is 17.3 Å². The van der Waals surface area contributed by atoms with E-state index in [4.69, 9.17) is 9.15 Å². The van der Waals surface area contributed by atoms with Gasteiger partial charge in [-0.25, -0.2) is 9.59 Å². The standard InChI is InChI=1S/C31H46N2O7/c1-28-9-5-22(33(27(35)36)14-13-32-15-17-39-18-16-32)19-30(28,37)11-7-25-24(28)6-10-29(2)23(8-12-31(25,29)38)21-3-4-26(34)40-20-21/h3-4,20,22-25,37-38H,5-19H2,1-2H3,(H,35,36)/t22-,23+,24-,25+,28+,29+,30-,31-/m0/s1. The molecule has 222 valence electrons. The number of amides is 1. The largest absolute Gasteiger partial charge is 0.465 e. The maximum Gasteiger partial charge on any atom is 0.407 e. The number of ether oxygens (including phenoxy) is 1. The Balaban J connectivity index is 1.20. The summed E-state index contributed by atoms with van der Waals surface area (Å²) in [6, 6.07) is 3.13. The van der Waals surface area contributed by atoms with Gasteiger partial charge in [-0.05, 0) is 92.6 Å². The molecule has 0 spiro atoms. The molecule has 0 bridgehead atoms. The summed E-state index contributed by atoms with van der Waals surface area (Å²) in [6.07, 6.45) is 7.29. The van der Waals surface area contributed by atoms with Crippen molar-refractivity contribution in [1.29, 1.82) is 0 Å². The van der Waals surface area contributed by atoms with E-state index in [0.717, 1.165) is 57.2 Å². The molecular formula is C31H46N2O7. The average molecular weight is 559 g/mol. The van der Waals surface area contributed by atoms with Crippen LogP contribution in [-0.2, 0) is 4.74 Å². The van der Waals surface area contributed by atoms with Crippen LogP contribution < -0.4 is 5.63 Å². The summed E-state index contributed by atoms with van der Waals surface area (Å²) in [4.78, 5) is 27.8. The third kappa shape index (κ3) is 4.26. The Morgan fingerprint density at radius 3 is 2.42 bits per heavy atom. The SMILES string of the molecule is C[C@]12CC[C@H](N(CCN3CCOCC3)C(=O)O)C[C@@]1(O)CC[C@@H]1[C@@H]2CC[C@]2(C)[C@@H](c3ccc(=O)oc3)CC[C@]12O. The number of nitrogens with zero attached hydrogens (tertiary/aromatic N) is 2. The molecule has 0 unspecified atom stereocenters. The predicted octanol–water partition coefficient (Wildman–Crippen LogP) is 3.68. The fourth-order valence-corrected chi connectivity index (χ4v) is 10.1. The van der Waals surface area contributed by atoms with Crippen molar-refractivity contribution in [2.24, 2.45) is 22.7 Å². The maximum atomic E-state index is 12.5. The van der Waals surface area contributed by atoms with E-state index in [0.29, 0.717) is 45.6 Å². The van der Waals surface area contributed by atoms with Crippen LogP contribution in [0.1, 0.15) is 83.1 Å². The zero-order valence-electron chi connectivity index (χ0n) is 24.0. The number of carbonyl (C=O) groups is 1. The second-order valence-electron chi connectivity index (χ2n) is 13.9. The molecule has 8 atom stereocenters. The van der Waals surface area contributed by atoms with Gasteiger partial charge in [0.2, 0.25) is 0 Å². The van der Waals surface area contributed by atoms with Gasteiger partial charge >= 0.3 is 11.7 Å². The van der Waals surface area contributed by atoms with Crippen LogP contribution in [-0.4, -0.2) is 87.8 Å². The number of rotatable bonds is 5. The van der Waals surface area contributed by atoms with Gasteiger partial charge in [0.15, 0.2) is 0 Å². The lowest BCUT2D eigenvalue weighted by Crippen LogP contribution is -2.68. The van der Waals surface area contributed by atoms with Crippen LogP contribution >= 0.6 is 0 Å². The molecule has 5 aliphatic rings. The highest BCUT2D eigenvalue weighted by Gasteiger charge is 2.70. The van der Waals surface area contributed by atoms with Gasteiger partial charge in [-0.3, -0.25) is 4.90 Å². The molecule has 40 heavy (non-hydrogen) atoms. The van der Waals surface area contributed by atoms with E-state index in [1.165, 1.54) is 6.07 Å². The molecule has 0 aromatic carbocycles. The van der Waals surface area contributed by atoms with E-state index in [1.54, 1.807) is 11.2 Å². The number of carboxylic acid groups (broad SMARTS) is 1. The molecule has 1 amide bonds. The summed E-state index contributed by atoms with van der Waals surface area (Å²) in [5, 5.41) is 34.9. The average Bonchev–Trinajstić information content (AvgIpc) is 3.21. The fourth-order valence-electron chi connectivity index (χ4n) is 10.1. The van der Waals surface area contributed by atoms with Crippen LogP contribution in [0.3, 0.4) is 0 Å². The molecule has 0 radical (unpaired) electrons. The first-order valence-electron chi connectivity index (χ1n) is 15.3. The van der Waals surface area contributed by atoms with Gasteiger partial charge in [0.1, 0.15) is 0 Å². The van der Waals surface area contributed by atoms with Gasteiger partial charge < -0.3 is 29.4 Å². The lowest BCUT2D eigenvalue weighted by atomic mass is 9.41. The lowest BCUT2D eigenvalue weighted by molar-refractivity contribution is -0.249. The first kappa shape index (κ1) is 28.2. The highest BCUT2D eigenvalue weighted by atomic mass is 16.5. The molecule has 5 fully saturated rings. The summed E-state index contributed by atoms with van der Waals surface area (Å²) in [5.41, 5.74) is -1.85. The summed E-state index contributed by atoms with van der Waals surface area (Å²) in [6.45, 7) is 8.57. The van der Waals surface area contributed by atoms with Crippen molar-refractivity contribution < 1.29 is 29.3 Å². The Morgan fingerprint density at radius 1 is 1.00 bits per heavy atom. The zero-order valence-corrected chi connectivity index (χ0v) is 24.0. The molecular weight excluding hydrogens is 512 g/mol. The molecule has 3 N–H and O–H groups in total. The molecule has 1 aromatic rings. The van der Waals surface area contributed by atoms with Crippen molar-refractivity contribution in [1.82, 2.24) is 9.80 Å². The third-order valence-electron chi connectivity index (χ3n) is 12.5. The molecule has 1 saturated heterocycles. The molecule has 2 heterocycles. The minimum absolute atomic E-state index is 0.0886. The molecule has 4 saturated carbocycles. The summed E-state index contributed by atoms with van der Waals surface area (Å²) in [5.74, 6) is 0.401. The van der Waals surface area contributed by atoms with Crippen LogP contribution in [0.5, 0.6) is 0 Å². The summed E-state index contributed by atoms with van der Waals surface area (Å²) >= 11 is 0. The van der Waals surface area contributed by atoms with Crippen LogP contribution in [0.15, 0.2) is 27.6 Å². The van der Waals surface area contributed by atoms with Crippen molar-refractivity contribution in [2.45, 2.75) is 94.8 Å². The highest BCUT2D eigenvalue weighted by Crippen LogP contribution is 2.71. The van der Waals surface area contributed by atoms with Crippen molar-refractivity contribution in [3.63, 3.8) is 0 Å². The quantitative estimate of drug-likeness (QED) is 0.500. The first-order valence-corrected chi connectivity index (χ1v) is 15.3. The third-order valence-corrected chi connectivity index (χ3v) is 12.5. The van der Waals surface area contributed by atoms with Gasteiger partial charge in [0.05, 0.1) is 30.7 Å². The molecule has 9 nitrogen and oxygen atoms in total. The Bertz CT molecular complexity index is 1150. The molecule has 4 aliphatic carbocycles. The van der Waals surface area contributed by atoms with Crippen LogP contribution in [0, 0.1) is 22.7 Å². The molecule has 1 aromatic heterocycles. The van der Waals surface area contributed by atoms with E-state index in [9.17, 15) is 24.9 Å². The highest BCUT2D eigenvalue weighted by molar-refractivity contribution is 5.65. The number of morpholine rings is 1. The topological polar surface area (TPSA) is 124 Å². The second kappa shape index (κ2) is 10.1. The number of hydrogen-bond donors (Lipinski definition) is 3. The van der Waals surface area contributed by atoms with E-state index in [-0.39, 0.29) is 40.3 Å². The van der Waals surface area contributed by atoms with Crippen LogP contribution in [0.2, 0.25) is 0 Å². The summed E-state index contributed by atoms with van der Waals surface area (Å²) < 4.78 is 10.6. The van der Waals surface area contributed by atoms with Gasteiger partial charge in [-0.1, -0.05) is 13.8 Å². The summed E-state index contributed by atoms with van der Waals surface area (Å²) in [7, 11) is 0. The van der Waals surface area contributed by atoms with E-state index in [1.807, 2.05) is 6.07 Å². The predicted molar refractivity (Wildman–Crippen MR) is 148 cm³/mol. The van der Waals surface area contributed by atoms with E-state index in [2.05, 4.69) is 18.7 Å². The number of fused-ring (bicyclic) bond motifs is 5. The second-order valence-corrected chi connectivity index (χ2v) is 13.9. The van der Waals surface area contributed by atoms with Gasteiger partial charge in [0, 0.05) is 43.7 Å².